The highest BCUT2D eigenvalue weighted by Gasteiger charge is 2.35. The van der Waals surface area contributed by atoms with Crippen LogP contribution in [0.25, 0.3) is 0 Å². The third-order valence-corrected chi connectivity index (χ3v) is 2.29. The van der Waals surface area contributed by atoms with E-state index < -0.39 is 30.2 Å². The van der Waals surface area contributed by atoms with Crippen molar-refractivity contribution < 1.29 is 27.9 Å². The predicted octanol–water partition coefficient (Wildman–Crippen LogP) is 1.97. The zero-order chi connectivity index (χ0) is 13.8. The number of hydrogen-bond donors (Lipinski definition) is 2. The van der Waals surface area contributed by atoms with Crippen LogP contribution < -0.4 is 5.32 Å². The molecule has 1 rings (SSSR count). The Balaban J connectivity index is 3.19. The Kier molecular flexibility index (Phi) is 4.30. The lowest BCUT2D eigenvalue weighted by molar-refractivity contribution is -0.141. The maximum absolute atomic E-state index is 12.7. The van der Waals surface area contributed by atoms with Gasteiger partial charge in [-0.1, -0.05) is 18.2 Å². The lowest BCUT2D eigenvalue weighted by Crippen LogP contribution is -2.25. The fourth-order valence-corrected chi connectivity index (χ4v) is 1.57. The van der Waals surface area contributed by atoms with Gasteiger partial charge in [0.15, 0.2) is 0 Å². The molecule has 0 fully saturated rings. The van der Waals surface area contributed by atoms with Crippen LogP contribution in [0.4, 0.5) is 13.2 Å². The Bertz CT molecular complexity index is 445. The Hall–Kier alpha value is -2.05. The van der Waals surface area contributed by atoms with Crippen LogP contribution in [0.1, 0.15) is 23.6 Å². The number of carbonyl (C=O) groups is 2. The number of rotatable bonds is 5. The van der Waals surface area contributed by atoms with Crippen LogP contribution in [-0.4, -0.2) is 17.5 Å². The number of benzene rings is 1. The first-order chi connectivity index (χ1) is 8.36. The number of nitrogens with one attached hydrogen (secondary N) is 1. The normalized spacial score (nSPS) is 12.8. The predicted molar refractivity (Wildman–Crippen MR) is 55.6 cm³/mol. The summed E-state index contributed by atoms with van der Waals surface area (Å²) in [7, 11) is 0. The fraction of sp³-hybridized carbons (Fsp3) is 0.273. The van der Waals surface area contributed by atoms with Gasteiger partial charge in [-0.05, 0) is 11.6 Å². The second kappa shape index (κ2) is 5.52. The van der Waals surface area contributed by atoms with Gasteiger partial charge in [0.05, 0.1) is 18.0 Å². The number of amides is 1. The molecular weight excluding hydrogens is 251 g/mol. The molecule has 0 aliphatic rings. The van der Waals surface area contributed by atoms with Gasteiger partial charge in [-0.25, -0.2) is 0 Å². The second-order valence-corrected chi connectivity index (χ2v) is 3.52. The van der Waals surface area contributed by atoms with Crippen molar-refractivity contribution in [2.45, 2.75) is 18.6 Å². The van der Waals surface area contributed by atoms with E-state index in [1.807, 2.05) is 0 Å². The zero-order valence-electron chi connectivity index (χ0n) is 9.07. The van der Waals surface area contributed by atoms with Gasteiger partial charge in [0.1, 0.15) is 0 Å². The number of halogens is 3. The van der Waals surface area contributed by atoms with Gasteiger partial charge in [-0.2, -0.15) is 13.2 Å². The average Bonchev–Trinajstić information content (AvgIpc) is 2.27. The molecule has 4 nitrogen and oxygen atoms in total. The smallest absolute Gasteiger partial charge is 0.416 e. The molecule has 98 valence electrons. The standard InChI is InChI=1S/C11H10F3NO3/c12-11(13,14)8-4-2-1-3-7(8)9(15-6-16)5-10(17)18/h1-4,6,9H,5H2,(H,15,16)(H,17,18). The molecule has 0 heterocycles. The van der Waals surface area contributed by atoms with E-state index in [1.165, 1.54) is 12.1 Å². The average molecular weight is 261 g/mol. The molecule has 2 N–H and O–H groups in total. The maximum Gasteiger partial charge on any atom is 0.416 e. The van der Waals surface area contributed by atoms with Gasteiger partial charge in [0, 0.05) is 0 Å². The first-order valence-electron chi connectivity index (χ1n) is 4.94. The Labute approximate surface area is 100 Å². The molecular formula is C11H10F3NO3. The molecule has 0 radical (unpaired) electrons. The summed E-state index contributed by atoms with van der Waals surface area (Å²) in [6.45, 7) is 0. The number of hydrogen-bond acceptors (Lipinski definition) is 2. The Morgan fingerprint density at radius 2 is 2.00 bits per heavy atom. The number of carboxylic acid groups (broad SMARTS) is 1. The molecule has 0 aromatic heterocycles. The van der Waals surface area contributed by atoms with Crippen LogP contribution in [0.3, 0.4) is 0 Å². The summed E-state index contributed by atoms with van der Waals surface area (Å²) >= 11 is 0. The molecule has 1 amide bonds. The van der Waals surface area contributed by atoms with Crippen LogP contribution in [0.5, 0.6) is 0 Å². The summed E-state index contributed by atoms with van der Waals surface area (Å²) in [4.78, 5) is 20.9. The number of alkyl halides is 3. The topological polar surface area (TPSA) is 66.4 Å². The molecule has 0 spiro atoms. The van der Waals surface area contributed by atoms with Gasteiger partial charge < -0.3 is 10.4 Å². The summed E-state index contributed by atoms with van der Waals surface area (Å²) in [6, 6.07) is 3.33. The van der Waals surface area contributed by atoms with Crippen molar-refractivity contribution in [2.75, 3.05) is 0 Å². The lowest BCUT2D eigenvalue weighted by Gasteiger charge is -2.19. The van der Waals surface area contributed by atoms with Crippen molar-refractivity contribution in [1.29, 1.82) is 0 Å². The van der Waals surface area contributed by atoms with E-state index in [0.29, 0.717) is 0 Å². The molecule has 1 unspecified atom stereocenters. The molecule has 0 aliphatic heterocycles. The van der Waals surface area contributed by atoms with Crippen LogP contribution in [-0.2, 0) is 15.8 Å². The van der Waals surface area contributed by atoms with E-state index in [9.17, 15) is 22.8 Å². The first-order valence-corrected chi connectivity index (χ1v) is 4.94. The zero-order valence-corrected chi connectivity index (χ0v) is 9.07. The first kappa shape index (κ1) is 14.0. The molecule has 18 heavy (non-hydrogen) atoms. The Morgan fingerprint density at radius 3 is 2.50 bits per heavy atom. The number of carboxylic acids is 1. The molecule has 7 heteroatoms. The SMILES string of the molecule is O=CNC(CC(=O)O)c1ccccc1C(F)(F)F. The molecule has 1 aromatic carbocycles. The van der Waals surface area contributed by atoms with Gasteiger partial charge >= 0.3 is 12.1 Å². The minimum Gasteiger partial charge on any atom is -0.481 e. The third-order valence-electron chi connectivity index (χ3n) is 2.29. The van der Waals surface area contributed by atoms with Crippen LogP contribution in [0.2, 0.25) is 0 Å². The molecule has 0 saturated heterocycles. The van der Waals surface area contributed by atoms with Gasteiger partial charge in [0.2, 0.25) is 6.41 Å². The van der Waals surface area contributed by atoms with Gasteiger partial charge in [-0.3, -0.25) is 9.59 Å². The minimum atomic E-state index is -4.60. The summed E-state index contributed by atoms with van der Waals surface area (Å²) in [5, 5.41) is 10.7. The monoisotopic (exact) mass is 261 g/mol. The third kappa shape index (κ3) is 3.47. The highest BCUT2D eigenvalue weighted by atomic mass is 19.4. The van der Waals surface area contributed by atoms with Crippen molar-refractivity contribution in [3.63, 3.8) is 0 Å². The second-order valence-electron chi connectivity index (χ2n) is 3.52. The van der Waals surface area contributed by atoms with E-state index in [-0.39, 0.29) is 12.0 Å². The molecule has 1 aromatic rings. The summed E-state index contributed by atoms with van der Waals surface area (Å²) < 4.78 is 38.2. The van der Waals surface area contributed by atoms with E-state index >= 15 is 0 Å². The summed E-state index contributed by atoms with van der Waals surface area (Å²) in [5.41, 5.74) is -1.22. The molecule has 0 saturated carbocycles. The maximum atomic E-state index is 12.7. The fourth-order valence-electron chi connectivity index (χ4n) is 1.57. The Morgan fingerprint density at radius 1 is 1.39 bits per heavy atom. The van der Waals surface area contributed by atoms with Gasteiger partial charge in [0.25, 0.3) is 0 Å². The van der Waals surface area contributed by atoms with Crippen molar-refractivity contribution >= 4 is 12.4 Å². The van der Waals surface area contributed by atoms with E-state index in [0.717, 1.165) is 12.1 Å². The highest BCUT2D eigenvalue weighted by Crippen LogP contribution is 2.35. The van der Waals surface area contributed by atoms with Crippen molar-refractivity contribution in [3.05, 3.63) is 35.4 Å². The van der Waals surface area contributed by atoms with Crippen molar-refractivity contribution in [3.8, 4) is 0 Å². The summed E-state index contributed by atoms with van der Waals surface area (Å²) in [6.07, 6.45) is -5.04. The minimum absolute atomic E-state index is 0.181. The highest BCUT2D eigenvalue weighted by molar-refractivity contribution is 5.69. The quantitative estimate of drug-likeness (QED) is 0.796. The van der Waals surface area contributed by atoms with Crippen LogP contribution in [0.15, 0.2) is 24.3 Å². The summed E-state index contributed by atoms with van der Waals surface area (Å²) in [5.74, 6) is -1.30. The number of aliphatic carboxylic acids is 1. The van der Waals surface area contributed by atoms with E-state index in [1.54, 1.807) is 0 Å². The van der Waals surface area contributed by atoms with Gasteiger partial charge in [-0.15, -0.1) is 0 Å². The van der Waals surface area contributed by atoms with E-state index in [2.05, 4.69) is 5.32 Å². The number of carbonyl (C=O) groups excluding carboxylic acids is 1. The molecule has 0 aliphatic carbocycles. The van der Waals surface area contributed by atoms with Crippen molar-refractivity contribution in [1.82, 2.24) is 5.32 Å². The van der Waals surface area contributed by atoms with E-state index in [4.69, 9.17) is 5.11 Å². The molecule has 1 atom stereocenters. The lowest BCUT2D eigenvalue weighted by atomic mass is 9.97. The largest absolute Gasteiger partial charge is 0.481 e. The van der Waals surface area contributed by atoms with Crippen LogP contribution in [0, 0.1) is 0 Å². The van der Waals surface area contributed by atoms with Crippen LogP contribution >= 0.6 is 0 Å². The molecule has 0 bridgehead atoms. The van der Waals surface area contributed by atoms with Crippen molar-refractivity contribution in [2.24, 2.45) is 0 Å².